The number of nitrogens with one attached hydrogen (secondary N) is 1. The first kappa shape index (κ1) is 13.2. The maximum Gasteiger partial charge on any atom is 0.494 e. The molecule has 0 bridgehead atoms. The lowest BCUT2D eigenvalue weighted by Gasteiger charge is -2.32. The number of rotatable bonds is 1. The van der Waals surface area contributed by atoms with Gasteiger partial charge < -0.3 is 14.6 Å². The van der Waals surface area contributed by atoms with Gasteiger partial charge in [-0.2, -0.15) is 0 Å². The van der Waals surface area contributed by atoms with Crippen LogP contribution in [0.4, 0.5) is 0 Å². The van der Waals surface area contributed by atoms with Gasteiger partial charge in [0, 0.05) is 6.54 Å². The molecule has 19 heavy (non-hydrogen) atoms. The molecule has 0 unspecified atom stereocenters. The van der Waals surface area contributed by atoms with Gasteiger partial charge in [0.05, 0.1) is 11.2 Å². The maximum absolute atomic E-state index is 6.10. The van der Waals surface area contributed by atoms with E-state index in [-0.39, 0.29) is 18.3 Å². The Morgan fingerprint density at radius 2 is 1.74 bits per heavy atom. The van der Waals surface area contributed by atoms with E-state index < -0.39 is 0 Å². The minimum atomic E-state index is -0.272. The second-order valence-corrected chi connectivity index (χ2v) is 6.54. The summed E-state index contributed by atoms with van der Waals surface area (Å²) in [5.41, 5.74) is 3.40. The van der Waals surface area contributed by atoms with Gasteiger partial charge in [0.25, 0.3) is 0 Å². The Kier molecular flexibility index (Phi) is 3.00. The van der Waals surface area contributed by atoms with Crippen LogP contribution in [0.3, 0.4) is 0 Å². The van der Waals surface area contributed by atoms with E-state index in [1.165, 1.54) is 11.1 Å². The Morgan fingerprint density at radius 1 is 1.05 bits per heavy atom. The van der Waals surface area contributed by atoms with Crippen LogP contribution in [0.1, 0.15) is 38.8 Å². The van der Waals surface area contributed by atoms with E-state index in [4.69, 9.17) is 9.31 Å². The summed E-state index contributed by atoms with van der Waals surface area (Å²) in [5.74, 6) is 0. The lowest BCUT2D eigenvalue weighted by molar-refractivity contribution is 0.00578. The molecule has 1 N–H and O–H groups in total. The molecular formula is C15H22BNO2. The standard InChI is InChI=1S/C15H22BNO2/c1-14(2)15(3,4)19-16(18-14)13-6-5-11-7-8-17-10-12(11)9-13/h5-6,9,17H,7-8,10H2,1-4H3. The second kappa shape index (κ2) is 4.34. The van der Waals surface area contributed by atoms with Crippen LogP contribution in [-0.4, -0.2) is 24.9 Å². The van der Waals surface area contributed by atoms with E-state index in [1.54, 1.807) is 0 Å². The van der Waals surface area contributed by atoms with Crippen molar-refractivity contribution in [2.24, 2.45) is 0 Å². The summed E-state index contributed by atoms with van der Waals surface area (Å²) in [6.45, 7) is 10.4. The molecule has 0 spiro atoms. The molecule has 4 heteroatoms. The molecule has 1 saturated heterocycles. The van der Waals surface area contributed by atoms with Crippen molar-refractivity contribution in [2.45, 2.75) is 51.9 Å². The molecule has 1 aromatic rings. The van der Waals surface area contributed by atoms with Crippen molar-refractivity contribution in [2.75, 3.05) is 6.54 Å². The smallest absolute Gasteiger partial charge is 0.399 e. The molecule has 0 aromatic heterocycles. The van der Waals surface area contributed by atoms with E-state index >= 15 is 0 Å². The zero-order chi connectivity index (χ0) is 13.7. The van der Waals surface area contributed by atoms with Crippen LogP contribution < -0.4 is 10.8 Å². The van der Waals surface area contributed by atoms with Gasteiger partial charge in [0.1, 0.15) is 0 Å². The summed E-state index contributed by atoms with van der Waals surface area (Å²) in [6, 6.07) is 6.59. The molecule has 0 amide bonds. The molecule has 0 saturated carbocycles. The second-order valence-electron chi connectivity index (χ2n) is 6.54. The van der Waals surface area contributed by atoms with Gasteiger partial charge in [-0.15, -0.1) is 0 Å². The van der Waals surface area contributed by atoms with Crippen LogP contribution in [0.2, 0.25) is 0 Å². The predicted octanol–water partition coefficient (Wildman–Crippen LogP) is 1.63. The molecule has 3 rings (SSSR count). The largest absolute Gasteiger partial charge is 0.494 e. The predicted molar refractivity (Wildman–Crippen MR) is 77.6 cm³/mol. The zero-order valence-electron chi connectivity index (χ0n) is 12.2. The number of hydrogen-bond donors (Lipinski definition) is 1. The monoisotopic (exact) mass is 259 g/mol. The van der Waals surface area contributed by atoms with Crippen molar-refractivity contribution in [1.29, 1.82) is 0 Å². The first-order chi connectivity index (χ1) is 8.89. The summed E-state index contributed by atoms with van der Waals surface area (Å²) in [5, 5.41) is 3.41. The average molecular weight is 259 g/mol. The first-order valence-corrected chi connectivity index (χ1v) is 7.07. The molecule has 2 heterocycles. The molecular weight excluding hydrogens is 237 g/mol. The third-order valence-electron chi connectivity index (χ3n) is 4.64. The van der Waals surface area contributed by atoms with E-state index in [9.17, 15) is 0 Å². The molecule has 1 fully saturated rings. The van der Waals surface area contributed by atoms with Gasteiger partial charge in [-0.3, -0.25) is 0 Å². The van der Waals surface area contributed by atoms with Crippen LogP contribution in [0, 0.1) is 0 Å². The van der Waals surface area contributed by atoms with Gasteiger partial charge in [0.2, 0.25) is 0 Å². The van der Waals surface area contributed by atoms with E-state index in [0.717, 1.165) is 25.0 Å². The van der Waals surface area contributed by atoms with Crippen molar-refractivity contribution in [3.05, 3.63) is 29.3 Å². The highest BCUT2D eigenvalue weighted by molar-refractivity contribution is 6.62. The molecule has 0 atom stereocenters. The molecule has 0 aliphatic carbocycles. The summed E-state index contributed by atoms with van der Waals surface area (Å²) in [6.07, 6.45) is 1.11. The van der Waals surface area contributed by atoms with Gasteiger partial charge in [-0.05, 0) is 57.3 Å². The molecule has 102 valence electrons. The van der Waals surface area contributed by atoms with Gasteiger partial charge in [0.15, 0.2) is 0 Å². The normalized spacial score (nSPS) is 24.3. The topological polar surface area (TPSA) is 30.5 Å². The van der Waals surface area contributed by atoms with Crippen LogP contribution in [0.15, 0.2) is 18.2 Å². The fourth-order valence-electron chi connectivity index (χ4n) is 2.63. The highest BCUT2D eigenvalue weighted by atomic mass is 16.7. The third-order valence-corrected chi connectivity index (χ3v) is 4.64. The lowest BCUT2D eigenvalue weighted by atomic mass is 9.77. The van der Waals surface area contributed by atoms with E-state index in [1.807, 2.05) is 0 Å². The number of benzene rings is 1. The Bertz CT molecular complexity index is 483. The van der Waals surface area contributed by atoms with Crippen molar-refractivity contribution in [1.82, 2.24) is 5.32 Å². The van der Waals surface area contributed by atoms with Crippen LogP contribution in [0.25, 0.3) is 0 Å². The van der Waals surface area contributed by atoms with Gasteiger partial charge in [-0.25, -0.2) is 0 Å². The van der Waals surface area contributed by atoms with Crippen molar-refractivity contribution >= 4 is 12.6 Å². The Hall–Kier alpha value is -0.835. The first-order valence-electron chi connectivity index (χ1n) is 7.07. The molecule has 3 nitrogen and oxygen atoms in total. The van der Waals surface area contributed by atoms with E-state index in [0.29, 0.717) is 0 Å². The quantitative estimate of drug-likeness (QED) is 0.777. The van der Waals surface area contributed by atoms with Crippen LogP contribution in [0.5, 0.6) is 0 Å². The average Bonchev–Trinajstić information content (AvgIpc) is 2.58. The van der Waals surface area contributed by atoms with E-state index in [2.05, 4.69) is 51.2 Å². The maximum atomic E-state index is 6.10. The Morgan fingerprint density at radius 3 is 2.42 bits per heavy atom. The highest BCUT2D eigenvalue weighted by Gasteiger charge is 2.51. The van der Waals surface area contributed by atoms with Crippen LogP contribution in [-0.2, 0) is 22.3 Å². The minimum Gasteiger partial charge on any atom is -0.399 e. The Labute approximate surface area is 115 Å². The number of fused-ring (bicyclic) bond motifs is 1. The van der Waals surface area contributed by atoms with Crippen LogP contribution >= 0.6 is 0 Å². The summed E-state index contributed by atoms with van der Waals surface area (Å²) in [4.78, 5) is 0. The fourth-order valence-corrected chi connectivity index (χ4v) is 2.63. The minimum absolute atomic E-state index is 0.253. The fraction of sp³-hybridized carbons (Fsp3) is 0.600. The summed E-state index contributed by atoms with van der Waals surface area (Å²) < 4.78 is 12.2. The Balaban J connectivity index is 1.88. The van der Waals surface area contributed by atoms with Gasteiger partial charge >= 0.3 is 7.12 Å². The lowest BCUT2D eigenvalue weighted by Crippen LogP contribution is -2.41. The van der Waals surface area contributed by atoms with Crippen molar-refractivity contribution in [3.63, 3.8) is 0 Å². The summed E-state index contributed by atoms with van der Waals surface area (Å²) >= 11 is 0. The highest BCUT2D eigenvalue weighted by Crippen LogP contribution is 2.36. The SMILES string of the molecule is CC1(C)OB(c2ccc3c(c2)CNCC3)OC1(C)C. The molecule has 0 radical (unpaired) electrons. The zero-order valence-corrected chi connectivity index (χ0v) is 12.2. The van der Waals surface area contributed by atoms with Crippen molar-refractivity contribution < 1.29 is 9.31 Å². The van der Waals surface area contributed by atoms with Crippen molar-refractivity contribution in [3.8, 4) is 0 Å². The number of hydrogen-bond acceptors (Lipinski definition) is 3. The molecule has 2 aliphatic heterocycles. The summed E-state index contributed by atoms with van der Waals surface area (Å²) in [7, 11) is -0.253. The molecule has 2 aliphatic rings. The van der Waals surface area contributed by atoms with Gasteiger partial charge in [-0.1, -0.05) is 18.2 Å². The third kappa shape index (κ3) is 2.22. The molecule has 1 aromatic carbocycles.